The van der Waals surface area contributed by atoms with Crippen molar-refractivity contribution < 1.29 is 4.92 Å². The standard InChI is InChI=1S/C14H11ClN2O2/c1-10-2-5-12(8-14(10)15)16-9-11-3-6-13(7-4-11)17(18)19/h2-9H,1H3. The average molecular weight is 275 g/mol. The van der Waals surface area contributed by atoms with E-state index in [1.54, 1.807) is 24.4 Å². The number of nitro benzene ring substituents is 1. The summed E-state index contributed by atoms with van der Waals surface area (Å²) in [6.45, 7) is 1.92. The van der Waals surface area contributed by atoms with Crippen LogP contribution in [0.5, 0.6) is 0 Å². The maximum absolute atomic E-state index is 10.5. The first-order valence-corrected chi connectivity index (χ1v) is 5.99. The molecule has 4 nitrogen and oxygen atoms in total. The summed E-state index contributed by atoms with van der Waals surface area (Å²) in [5, 5.41) is 11.2. The van der Waals surface area contributed by atoms with Crippen molar-refractivity contribution in [1.82, 2.24) is 0 Å². The van der Waals surface area contributed by atoms with Gasteiger partial charge in [0.15, 0.2) is 0 Å². The fraction of sp³-hybridized carbons (Fsp3) is 0.0714. The molecule has 96 valence electrons. The van der Waals surface area contributed by atoms with Gasteiger partial charge in [0.25, 0.3) is 5.69 Å². The van der Waals surface area contributed by atoms with Crippen molar-refractivity contribution in [3.63, 3.8) is 0 Å². The van der Waals surface area contributed by atoms with Crippen molar-refractivity contribution in [2.24, 2.45) is 4.99 Å². The van der Waals surface area contributed by atoms with Gasteiger partial charge in [-0.3, -0.25) is 15.1 Å². The zero-order valence-corrected chi connectivity index (χ0v) is 11.0. The van der Waals surface area contributed by atoms with Crippen LogP contribution in [0.1, 0.15) is 11.1 Å². The molecule has 0 N–H and O–H groups in total. The highest BCUT2D eigenvalue weighted by Gasteiger charge is 2.02. The predicted molar refractivity (Wildman–Crippen MR) is 76.5 cm³/mol. The van der Waals surface area contributed by atoms with Gasteiger partial charge in [-0.05, 0) is 42.3 Å². The molecule has 5 heteroatoms. The first kappa shape index (κ1) is 13.2. The van der Waals surface area contributed by atoms with Crippen LogP contribution in [0.15, 0.2) is 47.5 Å². The van der Waals surface area contributed by atoms with Crippen molar-refractivity contribution in [3.8, 4) is 0 Å². The molecule has 0 saturated heterocycles. The molecule has 0 aliphatic heterocycles. The quantitative estimate of drug-likeness (QED) is 0.476. The highest BCUT2D eigenvalue weighted by atomic mass is 35.5. The Kier molecular flexibility index (Phi) is 3.92. The number of rotatable bonds is 3. The van der Waals surface area contributed by atoms with Gasteiger partial charge in [0.2, 0.25) is 0 Å². The van der Waals surface area contributed by atoms with Crippen LogP contribution in [0.25, 0.3) is 0 Å². The Morgan fingerprint density at radius 2 is 1.89 bits per heavy atom. The third-order valence-electron chi connectivity index (χ3n) is 2.62. The van der Waals surface area contributed by atoms with Gasteiger partial charge in [-0.15, -0.1) is 0 Å². The number of halogens is 1. The normalized spacial score (nSPS) is 10.8. The summed E-state index contributed by atoms with van der Waals surface area (Å²) in [5.41, 5.74) is 2.60. The lowest BCUT2D eigenvalue weighted by molar-refractivity contribution is -0.384. The van der Waals surface area contributed by atoms with Crippen molar-refractivity contribution in [1.29, 1.82) is 0 Å². The summed E-state index contributed by atoms with van der Waals surface area (Å²) in [7, 11) is 0. The van der Waals surface area contributed by atoms with Gasteiger partial charge >= 0.3 is 0 Å². The molecule has 0 atom stereocenters. The number of aliphatic imine (C=N–C) groups is 1. The van der Waals surface area contributed by atoms with Crippen molar-refractivity contribution in [2.75, 3.05) is 0 Å². The first-order valence-electron chi connectivity index (χ1n) is 5.61. The van der Waals surface area contributed by atoms with E-state index in [9.17, 15) is 10.1 Å². The molecule has 2 aromatic carbocycles. The monoisotopic (exact) mass is 274 g/mol. The second-order valence-electron chi connectivity index (χ2n) is 4.04. The Balaban J connectivity index is 2.17. The summed E-state index contributed by atoms with van der Waals surface area (Å²) in [6, 6.07) is 11.7. The van der Waals surface area contributed by atoms with Gasteiger partial charge in [0.05, 0.1) is 10.6 Å². The van der Waals surface area contributed by atoms with Gasteiger partial charge in [0.1, 0.15) is 0 Å². The minimum atomic E-state index is -0.430. The van der Waals surface area contributed by atoms with Crippen LogP contribution in [-0.4, -0.2) is 11.1 Å². The van der Waals surface area contributed by atoms with Crippen LogP contribution in [0.2, 0.25) is 5.02 Å². The topological polar surface area (TPSA) is 55.5 Å². The fourth-order valence-corrected chi connectivity index (χ4v) is 1.67. The van der Waals surface area contributed by atoms with E-state index < -0.39 is 4.92 Å². The molecule has 0 saturated carbocycles. The molecule has 0 unspecified atom stereocenters. The van der Waals surface area contributed by atoms with Gasteiger partial charge in [-0.1, -0.05) is 17.7 Å². The van der Waals surface area contributed by atoms with Gasteiger partial charge < -0.3 is 0 Å². The molecule has 0 spiro atoms. The second-order valence-corrected chi connectivity index (χ2v) is 4.45. The molecule has 0 fully saturated rings. The van der Waals surface area contributed by atoms with Crippen LogP contribution in [0.4, 0.5) is 11.4 Å². The highest BCUT2D eigenvalue weighted by molar-refractivity contribution is 6.31. The zero-order valence-electron chi connectivity index (χ0n) is 10.2. The summed E-state index contributed by atoms with van der Waals surface area (Å²) in [4.78, 5) is 14.4. The third-order valence-corrected chi connectivity index (χ3v) is 3.03. The van der Waals surface area contributed by atoms with E-state index in [1.165, 1.54) is 12.1 Å². The summed E-state index contributed by atoms with van der Waals surface area (Å²) < 4.78 is 0. The highest BCUT2D eigenvalue weighted by Crippen LogP contribution is 2.22. The van der Waals surface area contributed by atoms with Crippen LogP contribution in [0.3, 0.4) is 0 Å². The Bertz CT molecular complexity index is 636. The van der Waals surface area contributed by atoms with Crippen molar-refractivity contribution in [3.05, 3.63) is 68.7 Å². The number of nitrogens with zero attached hydrogens (tertiary/aromatic N) is 2. The molecule has 2 rings (SSSR count). The second kappa shape index (κ2) is 5.63. The van der Waals surface area contributed by atoms with E-state index in [1.807, 2.05) is 19.1 Å². The van der Waals surface area contributed by atoms with E-state index in [0.29, 0.717) is 5.02 Å². The van der Waals surface area contributed by atoms with Crippen LogP contribution in [0, 0.1) is 17.0 Å². The average Bonchev–Trinajstić information content (AvgIpc) is 2.40. The molecule has 0 heterocycles. The summed E-state index contributed by atoms with van der Waals surface area (Å²) in [5.74, 6) is 0. The number of hydrogen-bond acceptors (Lipinski definition) is 3. The summed E-state index contributed by atoms with van der Waals surface area (Å²) in [6.07, 6.45) is 1.64. The molecule has 0 aromatic heterocycles. The lowest BCUT2D eigenvalue weighted by atomic mass is 10.2. The Morgan fingerprint density at radius 1 is 1.21 bits per heavy atom. The molecule has 0 bridgehead atoms. The number of nitro groups is 1. The van der Waals surface area contributed by atoms with Crippen LogP contribution < -0.4 is 0 Å². The van der Waals surface area contributed by atoms with Gasteiger partial charge in [0, 0.05) is 23.4 Å². The zero-order chi connectivity index (χ0) is 13.8. The summed E-state index contributed by atoms with van der Waals surface area (Å²) >= 11 is 6.00. The Morgan fingerprint density at radius 3 is 2.47 bits per heavy atom. The minimum Gasteiger partial charge on any atom is -0.258 e. The molecular formula is C14H11ClN2O2. The number of hydrogen-bond donors (Lipinski definition) is 0. The van der Waals surface area contributed by atoms with E-state index in [4.69, 9.17) is 11.6 Å². The number of aryl methyl sites for hydroxylation is 1. The van der Waals surface area contributed by atoms with Gasteiger partial charge in [-0.25, -0.2) is 0 Å². The Hall–Kier alpha value is -2.20. The molecule has 2 aromatic rings. The molecule has 0 radical (unpaired) electrons. The molecule has 0 amide bonds. The maximum atomic E-state index is 10.5. The van der Waals surface area contributed by atoms with E-state index in [2.05, 4.69) is 4.99 Å². The van der Waals surface area contributed by atoms with E-state index >= 15 is 0 Å². The van der Waals surface area contributed by atoms with Crippen molar-refractivity contribution in [2.45, 2.75) is 6.92 Å². The lowest BCUT2D eigenvalue weighted by Gasteiger charge is -1.98. The number of benzene rings is 2. The van der Waals surface area contributed by atoms with Crippen molar-refractivity contribution >= 4 is 29.2 Å². The Labute approximate surface area is 115 Å². The van der Waals surface area contributed by atoms with Crippen LogP contribution in [-0.2, 0) is 0 Å². The molecular weight excluding hydrogens is 264 g/mol. The maximum Gasteiger partial charge on any atom is 0.269 e. The largest absolute Gasteiger partial charge is 0.269 e. The molecule has 0 aliphatic rings. The van der Waals surface area contributed by atoms with E-state index in [-0.39, 0.29) is 5.69 Å². The van der Waals surface area contributed by atoms with Gasteiger partial charge in [-0.2, -0.15) is 0 Å². The first-order chi connectivity index (χ1) is 9.06. The third kappa shape index (κ3) is 3.39. The number of non-ortho nitro benzene ring substituents is 1. The lowest BCUT2D eigenvalue weighted by Crippen LogP contribution is -1.88. The van der Waals surface area contributed by atoms with Crippen LogP contribution >= 0.6 is 11.6 Å². The van der Waals surface area contributed by atoms with E-state index in [0.717, 1.165) is 16.8 Å². The molecule has 0 aliphatic carbocycles. The minimum absolute atomic E-state index is 0.0653. The fourth-order valence-electron chi connectivity index (χ4n) is 1.49. The predicted octanol–water partition coefficient (Wildman–Crippen LogP) is 4.31. The molecule has 19 heavy (non-hydrogen) atoms. The smallest absolute Gasteiger partial charge is 0.258 e. The SMILES string of the molecule is Cc1ccc(N=Cc2ccc([N+](=O)[O-])cc2)cc1Cl.